The minimum atomic E-state index is -0.883. The summed E-state index contributed by atoms with van der Waals surface area (Å²) in [6, 6.07) is -2.46. The SMILES string of the molecule is CC(C)C[C@H](N)C(=O)N[C@H](C=O)CC(=NNC(N)=O)OC(C)(C)C. The molecule has 0 aliphatic carbocycles. The Balaban J connectivity index is 4.93. The maximum absolute atomic E-state index is 12.0. The zero-order valence-corrected chi connectivity index (χ0v) is 15.0. The number of nitrogens with one attached hydrogen (secondary N) is 2. The number of hydrazone groups is 1. The van der Waals surface area contributed by atoms with Gasteiger partial charge in [0.05, 0.1) is 18.5 Å². The molecule has 0 bridgehead atoms. The second-order valence-electron chi connectivity index (χ2n) is 6.89. The van der Waals surface area contributed by atoms with Crippen LogP contribution in [-0.2, 0) is 14.3 Å². The number of primary amides is 1. The van der Waals surface area contributed by atoms with Crippen molar-refractivity contribution in [1.29, 1.82) is 0 Å². The van der Waals surface area contributed by atoms with Gasteiger partial charge in [0.15, 0.2) is 0 Å². The van der Waals surface area contributed by atoms with E-state index < -0.39 is 29.6 Å². The Morgan fingerprint density at radius 2 is 1.88 bits per heavy atom. The van der Waals surface area contributed by atoms with Gasteiger partial charge in [-0.25, -0.2) is 10.2 Å². The number of nitrogens with two attached hydrogens (primary N) is 2. The van der Waals surface area contributed by atoms with Crippen molar-refractivity contribution in [2.75, 3.05) is 0 Å². The highest BCUT2D eigenvalue weighted by atomic mass is 16.5. The van der Waals surface area contributed by atoms with Crippen LogP contribution >= 0.6 is 0 Å². The molecule has 0 aliphatic heterocycles. The van der Waals surface area contributed by atoms with E-state index in [9.17, 15) is 14.4 Å². The van der Waals surface area contributed by atoms with Crippen molar-refractivity contribution in [3.05, 3.63) is 0 Å². The van der Waals surface area contributed by atoms with Gasteiger partial charge >= 0.3 is 6.03 Å². The largest absolute Gasteiger partial charge is 0.474 e. The maximum atomic E-state index is 12.0. The van der Waals surface area contributed by atoms with Gasteiger partial charge in [0, 0.05) is 0 Å². The highest BCUT2D eigenvalue weighted by molar-refractivity contribution is 5.87. The van der Waals surface area contributed by atoms with Crippen LogP contribution in [0.15, 0.2) is 5.10 Å². The molecule has 2 atom stereocenters. The second-order valence-corrected chi connectivity index (χ2v) is 6.89. The van der Waals surface area contributed by atoms with E-state index in [1.165, 1.54) is 0 Å². The Hall–Kier alpha value is -2.16. The van der Waals surface area contributed by atoms with E-state index in [0.29, 0.717) is 12.7 Å². The monoisotopic (exact) mass is 343 g/mol. The molecule has 0 aromatic heterocycles. The summed E-state index contributed by atoms with van der Waals surface area (Å²) in [6.45, 7) is 9.23. The molecule has 6 N–H and O–H groups in total. The second kappa shape index (κ2) is 9.86. The number of amides is 3. The zero-order valence-electron chi connectivity index (χ0n) is 15.0. The van der Waals surface area contributed by atoms with Crippen LogP contribution in [0.25, 0.3) is 0 Å². The van der Waals surface area contributed by atoms with Crippen molar-refractivity contribution in [2.45, 2.75) is 65.1 Å². The minimum Gasteiger partial charge on any atom is -0.474 e. The number of carbonyl (C=O) groups excluding carboxylic acids is 3. The molecule has 0 rings (SSSR count). The van der Waals surface area contributed by atoms with Crippen LogP contribution < -0.4 is 22.2 Å². The van der Waals surface area contributed by atoms with Crippen molar-refractivity contribution in [2.24, 2.45) is 22.5 Å². The lowest BCUT2D eigenvalue weighted by Crippen LogP contribution is -2.47. The van der Waals surface area contributed by atoms with E-state index >= 15 is 0 Å². The molecule has 3 amide bonds. The summed E-state index contributed by atoms with van der Waals surface area (Å²) in [5, 5.41) is 6.26. The first kappa shape index (κ1) is 21.8. The molecule has 9 nitrogen and oxygen atoms in total. The molecule has 0 aromatic carbocycles. The highest BCUT2D eigenvalue weighted by Crippen LogP contribution is 2.10. The van der Waals surface area contributed by atoms with Crippen molar-refractivity contribution in [1.82, 2.24) is 10.7 Å². The van der Waals surface area contributed by atoms with Crippen LogP contribution in [0.3, 0.4) is 0 Å². The molecule has 0 radical (unpaired) electrons. The van der Waals surface area contributed by atoms with E-state index in [2.05, 4.69) is 10.4 Å². The lowest BCUT2D eigenvalue weighted by atomic mass is 10.0. The van der Waals surface area contributed by atoms with E-state index in [4.69, 9.17) is 16.2 Å². The van der Waals surface area contributed by atoms with Gasteiger partial charge in [0.1, 0.15) is 11.9 Å². The molecule has 0 aromatic rings. The molecule has 0 saturated heterocycles. The summed E-state index contributed by atoms with van der Waals surface area (Å²) >= 11 is 0. The van der Waals surface area contributed by atoms with E-state index in [1.54, 1.807) is 20.8 Å². The third kappa shape index (κ3) is 10.5. The molecule has 0 unspecified atom stereocenters. The van der Waals surface area contributed by atoms with Crippen LogP contribution in [0.2, 0.25) is 0 Å². The third-order valence-corrected chi connectivity index (χ3v) is 2.66. The number of hydrogen-bond acceptors (Lipinski definition) is 6. The average Bonchev–Trinajstić information content (AvgIpc) is 2.41. The Bertz CT molecular complexity index is 471. The van der Waals surface area contributed by atoms with E-state index in [0.717, 1.165) is 0 Å². The van der Waals surface area contributed by atoms with Crippen LogP contribution in [0.5, 0.6) is 0 Å². The van der Waals surface area contributed by atoms with Crippen LogP contribution in [0.1, 0.15) is 47.5 Å². The van der Waals surface area contributed by atoms with Crippen molar-refractivity contribution < 1.29 is 19.1 Å². The predicted molar refractivity (Wildman–Crippen MR) is 91.0 cm³/mol. The fourth-order valence-electron chi connectivity index (χ4n) is 1.81. The van der Waals surface area contributed by atoms with Crippen LogP contribution in [0, 0.1) is 5.92 Å². The van der Waals surface area contributed by atoms with Crippen LogP contribution in [0.4, 0.5) is 4.79 Å². The van der Waals surface area contributed by atoms with E-state index in [1.807, 2.05) is 19.3 Å². The molecule has 0 saturated carbocycles. The van der Waals surface area contributed by atoms with Gasteiger partial charge in [-0.05, 0) is 33.1 Å². The Kier molecular flexibility index (Phi) is 8.97. The molecule has 0 spiro atoms. The van der Waals surface area contributed by atoms with E-state index in [-0.39, 0.29) is 18.2 Å². The summed E-state index contributed by atoms with van der Waals surface area (Å²) in [6.07, 6.45) is 1.02. The Morgan fingerprint density at radius 1 is 1.29 bits per heavy atom. The van der Waals surface area contributed by atoms with Gasteiger partial charge in [0.2, 0.25) is 11.8 Å². The molecule has 0 heterocycles. The first-order valence-corrected chi connectivity index (χ1v) is 7.77. The quantitative estimate of drug-likeness (QED) is 0.215. The summed E-state index contributed by atoms with van der Waals surface area (Å²) in [5.41, 5.74) is 12.2. The van der Waals surface area contributed by atoms with Crippen molar-refractivity contribution in [3.8, 4) is 0 Å². The molecule has 138 valence electrons. The van der Waals surface area contributed by atoms with Gasteiger partial charge in [-0.2, -0.15) is 0 Å². The predicted octanol–water partition coefficient (Wildman–Crippen LogP) is 0.231. The number of rotatable bonds is 8. The number of hydrogen-bond donors (Lipinski definition) is 4. The average molecular weight is 343 g/mol. The molecule has 9 heteroatoms. The number of urea groups is 1. The standard InChI is InChI=1S/C15H29N5O4/c1-9(2)6-11(16)13(22)18-10(8-21)7-12(19-20-14(17)23)24-15(3,4)5/h8-11H,6-7,16H2,1-5H3,(H,18,22)(H3,17,20,23)/t10-,11-/m0/s1. The summed E-state index contributed by atoms with van der Waals surface area (Å²) in [4.78, 5) is 34.0. The maximum Gasteiger partial charge on any atom is 0.332 e. The Labute approximate surface area is 142 Å². The Morgan fingerprint density at radius 3 is 2.29 bits per heavy atom. The first-order chi connectivity index (χ1) is 10.9. The summed E-state index contributed by atoms with van der Waals surface area (Å²) < 4.78 is 5.57. The highest BCUT2D eigenvalue weighted by Gasteiger charge is 2.23. The van der Waals surface area contributed by atoms with Crippen molar-refractivity contribution in [3.63, 3.8) is 0 Å². The molecular formula is C15H29N5O4. The van der Waals surface area contributed by atoms with Gasteiger partial charge in [-0.1, -0.05) is 13.8 Å². The normalized spacial score (nSPS) is 14.7. The number of nitrogens with zero attached hydrogens (tertiary/aromatic N) is 1. The number of ether oxygens (including phenoxy) is 1. The molecular weight excluding hydrogens is 314 g/mol. The van der Waals surface area contributed by atoms with Gasteiger partial charge in [-0.15, -0.1) is 5.10 Å². The lowest BCUT2D eigenvalue weighted by molar-refractivity contribution is -0.125. The molecule has 0 fully saturated rings. The summed E-state index contributed by atoms with van der Waals surface area (Å²) in [5.74, 6) is -0.114. The topological polar surface area (TPSA) is 149 Å². The van der Waals surface area contributed by atoms with Crippen LogP contribution in [-0.4, -0.2) is 41.8 Å². The molecule has 0 aliphatic rings. The fraction of sp³-hybridized carbons (Fsp3) is 0.733. The first-order valence-electron chi connectivity index (χ1n) is 7.77. The van der Waals surface area contributed by atoms with Crippen molar-refractivity contribution >= 4 is 24.1 Å². The van der Waals surface area contributed by atoms with Gasteiger partial charge < -0.3 is 26.3 Å². The number of carbonyl (C=O) groups is 3. The lowest BCUT2D eigenvalue weighted by Gasteiger charge is -2.24. The molecule has 24 heavy (non-hydrogen) atoms. The summed E-state index contributed by atoms with van der Waals surface area (Å²) in [7, 11) is 0. The zero-order chi connectivity index (χ0) is 18.9. The fourth-order valence-corrected chi connectivity index (χ4v) is 1.81. The van der Waals surface area contributed by atoms with Gasteiger partial charge in [0.25, 0.3) is 0 Å². The smallest absolute Gasteiger partial charge is 0.332 e. The number of aldehydes is 1. The van der Waals surface area contributed by atoms with Gasteiger partial charge in [-0.3, -0.25) is 4.79 Å². The third-order valence-electron chi connectivity index (χ3n) is 2.66. The minimum absolute atomic E-state index is 0.0405.